The van der Waals surface area contributed by atoms with Crippen molar-refractivity contribution in [2.24, 2.45) is 64.1 Å². The second-order valence-electron chi connectivity index (χ2n) is 13.1. The van der Waals surface area contributed by atoms with Crippen molar-refractivity contribution in [2.75, 3.05) is 6.61 Å². The maximum atomic E-state index is 9.93. The van der Waals surface area contributed by atoms with Gasteiger partial charge in [-0.05, 0) is 115 Å². The van der Waals surface area contributed by atoms with E-state index in [0.29, 0.717) is 23.4 Å². The Morgan fingerprint density at radius 3 is 2.10 bits per heavy atom. The molecule has 0 saturated heterocycles. The Morgan fingerprint density at radius 1 is 0.759 bits per heavy atom. The van der Waals surface area contributed by atoms with Gasteiger partial charge in [-0.2, -0.15) is 0 Å². The summed E-state index contributed by atoms with van der Waals surface area (Å²) in [5.74, 6) is 7.91. The molecule has 0 aromatic heterocycles. The molecule has 1 N–H and O–H groups in total. The zero-order chi connectivity index (χ0) is 21.0. The van der Waals surface area contributed by atoms with Crippen LogP contribution in [0.1, 0.15) is 106 Å². The SMILES string of the molecule is CC(C)[C@@H](C)CC[C@@H](C)[C@H]1CC[C@H]2[C@@H]3CC[C@H]4[C@@H](CO)CC[C@]4(C)[C@H]3CC[C@]12C. The van der Waals surface area contributed by atoms with E-state index in [-0.39, 0.29) is 0 Å². The molecule has 0 aromatic carbocycles. The number of hydrogen-bond donors (Lipinski definition) is 1. The van der Waals surface area contributed by atoms with E-state index in [0.717, 1.165) is 47.3 Å². The average Bonchev–Trinajstić information content (AvgIpc) is 3.22. The van der Waals surface area contributed by atoms with E-state index in [1.54, 1.807) is 0 Å². The van der Waals surface area contributed by atoms with Crippen LogP contribution in [0.4, 0.5) is 0 Å². The van der Waals surface area contributed by atoms with Crippen LogP contribution in [0.5, 0.6) is 0 Å². The van der Waals surface area contributed by atoms with Gasteiger partial charge in [0.1, 0.15) is 0 Å². The zero-order valence-corrected chi connectivity index (χ0v) is 20.4. The first-order chi connectivity index (χ1) is 13.7. The minimum atomic E-state index is 0.438. The van der Waals surface area contributed by atoms with Gasteiger partial charge in [0.2, 0.25) is 0 Å². The highest BCUT2D eigenvalue weighted by Gasteiger charge is 2.61. The molecule has 4 rings (SSSR count). The van der Waals surface area contributed by atoms with Gasteiger partial charge in [0, 0.05) is 6.61 Å². The highest BCUT2D eigenvalue weighted by Crippen LogP contribution is 2.69. The number of fused-ring (bicyclic) bond motifs is 5. The molecule has 0 aromatic rings. The smallest absolute Gasteiger partial charge is 0.0462 e. The molecule has 4 aliphatic carbocycles. The van der Waals surface area contributed by atoms with Crippen LogP contribution < -0.4 is 0 Å². The number of aliphatic hydroxyl groups excluding tert-OH is 1. The highest BCUT2D eigenvalue weighted by molar-refractivity contribution is 5.10. The summed E-state index contributed by atoms with van der Waals surface area (Å²) in [7, 11) is 0. The van der Waals surface area contributed by atoms with Crippen LogP contribution in [0.3, 0.4) is 0 Å². The number of rotatable bonds is 6. The number of hydrogen-bond acceptors (Lipinski definition) is 1. The third kappa shape index (κ3) is 3.54. The summed E-state index contributed by atoms with van der Waals surface area (Å²) in [6.45, 7) is 15.6. The van der Waals surface area contributed by atoms with Gasteiger partial charge >= 0.3 is 0 Å². The molecule has 1 nitrogen and oxygen atoms in total. The second-order valence-corrected chi connectivity index (χ2v) is 13.1. The molecule has 10 atom stereocenters. The van der Waals surface area contributed by atoms with Crippen LogP contribution in [-0.2, 0) is 0 Å². The molecule has 0 spiro atoms. The van der Waals surface area contributed by atoms with Crippen LogP contribution in [0, 0.1) is 64.1 Å². The lowest BCUT2D eigenvalue weighted by molar-refractivity contribution is -0.0976. The van der Waals surface area contributed by atoms with Crippen molar-refractivity contribution in [2.45, 2.75) is 106 Å². The van der Waals surface area contributed by atoms with Crippen molar-refractivity contribution in [3.05, 3.63) is 0 Å². The molecule has 0 unspecified atom stereocenters. The fraction of sp³-hybridized carbons (Fsp3) is 1.00. The summed E-state index contributed by atoms with van der Waals surface area (Å²) in [6, 6.07) is 0. The standard InChI is InChI=1S/C28H50O/c1-18(2)19(3)7-8-20(4)23-11-12-25-22-9-10-24-21(17-29)13-15-28(24,6)26(22)14-16-27(23,25)5/h18-26,29H,7-17H2,1-6H3/t19-,20+,21+,22-,23+,24-,25-,26-,27+,28-/m0/s1. The van der Waals surface area contributed by atoms with Crippen molar-refractivity contribution in [3.63, 3.8) is 0 Å². The van der Waals surface area contributed by atoms with E-state index in [9.17, 15) is 5.11 Å². The van der Waals surface area contributed by atoms with E-state index in [4.69, 9.17) is 0 Å². The summed E-state index contributed by atoms with van der Waals surface area (Å²) in [5.41, 5.74) is 1.15. The first-order valence-corrected chi connectivity index (χ1v) is 13.3. The van der Waals surface area contributed by atoms with Gasteiger partial charge in [0.25, 0.3) is 0 Å². The first kappa shape index (κ1) is 22.2. The molecular formula is C28H50O. The van der Waals surface area contributed by atoms with Gasteiger partial charge in [0.15, 0.2) is 0 Å². The predicted octanol–water partition coefficient (Wildman–Crippen LogP) is 7.57. The Balaban J connectivity index is 1.46. The van der Waals surface area contributed by atoms with Gasteiger partial charge in [0.05, 0.1) is 0 Å². The van der Waals surface area contributed by atoms with Crippen LogP contribution >= 0.6 is 0 Å². The molecule has 0 radical (unpaired) electrons. The predicted molar refractivity (Wildman–Crippen MR) is 124 cm³/mol. The van der Waals surface area contributed by atoms with Gasteiger partial charge in [-0.1, -0.05) is 54.4 Å². The van der Waals surface area contributed by atoms with E-state index in [1.807, 2.05) is 0 Å². The minimum Gasteiger partial charge on any atom is -0.396 e. The van der Waals surface area contributed by atoms with E-state index < -0.39 is 0 Å². The quantitative estimate of drug-likeness (QED) is 0.485. The summed E-state index contributed by atoms with van der Waals surface area (Å²) in [6.07, 6.45) is 14.4. The monoisotopic (exact) mass is 402 g/mol. The lowest BCUT2D eigenvalue weighted by Gasteiger charge is -2.58. The molecule has 1 heteroatoms. The Hall–Kier alpha value is -0.0400. The summed E-state index contributed by atoms with van der Waals surface area (Å²) in [4.78, 5) is 0. The molecule has 4 aliphatic rings. The maximum Gasteiger partial charge on any atom is 0.0462 e. The van der Waals surface area contributed by atoms with Gasteiger partial charge < -0.3 is 5.11 Å². The zero-order valence-electron chi connectivity index (χ0n) is 20.4. The van der Waals surface area contributed by atoms with Crippen LogP contribution in [0.15, 0.2) is 0 Å². The fourth-order valence-electron chi connectivity index (χ4n) is 9.58. The van der Waals surface area contributed by atoms with Gasteiger partial charge in [-0.25, -0.2) is 0 Å². The van der Waals surface area contributed by atoms with E-state index >= 15 is 0 Å². The summed E-state index contributed by atoms with van der Waals surface area (Å²) < 4.78 is 0. The van der Waals surface area contributed by atoms with Crippen molar-refractivity contribution in [1.29, 1.82) is 0 Å². The van der Waals surface area contributed by atoms with Gasteiger partial charge in [-0.15, -0.1) is 0 Å². The summed E-state index contributed by atoms with van der Waals surface area (Å²) >= 11 is 0. The van der Waals surface area contributed by atoms with Crippen LogP contribution in [0.25, 0.3) is 0 Å². The topological polar surface area (TPSA) is 20.2 Å². The van der Waals surface area contributed by atoms with Gasteiger partial charge in [-0.3, -0.25) is 0 Å². The molecule has 0 aliphatic heterocycles. The van der Waals surface area contributed by atoms with Crippen molar-refractivity contribution >= 4 is 0 Å². The van der Waals surface area contributed by atoms with Crippen molar-refractivity contribution in [3.8, 4) is 0 Å². The molecule has 29 heavy (non-hydrogen) atoms. The Labute approximate surface area is 181 Å². The normalized spacial score (nSPS) is 48.8. The van der Waals surface area contributed by atoms with E-state index in [2.05, 4.69) is 41.5 Å². The average molecular weight is 403 g/mol. The molecule has 168 valence electrons. The second kappa shape index (κ2) is 8.14. The van der Waals surface area contributed by atoms with Crippen molar-refractivity contribution in [1.82, 2.24) is 0 Å². The fourth-order valence-corrected chi connectivity index (χ4v) is 9.58. The Bertz CT molecular complexity index is 569. The number of aliphatic hydroxyl groups is 1. The molecule has 0 bridgehead atoms. The van der Waals surface area contributed by atoms with Crippen LogP contribution in [0.2, 0.25) is 0 Å². The Morgan fingerprint density at radius 2 is 1.41 bits per heavy atom. The molecule has 0 heterocycles. The lowest BCUT2D eigenvalue weighted by atomic mass is 9.46. The Kier molecular flexibility index (Phi) is 6.22. The first-order valence-electron chi connectivity index (χ1n) is 13.3. The minimum absolute atomic E-state index is 0.438. The highest BCUT2D eigenvalue weighted by atomic mass is 16.3. The summed E-state index contributed by atoms with van der Waals surface area (Å²) in [5, 5.41) is 9.93. The molecular weight excluding hydrogens is 352 g/mol. The third-order valence-electron chi connectivity index (χ3n) is 11.8. The van der Waals surface area contributed by atoms with Crippen molar-refractivity contribution < 1.29 is 5.11 Å². The third-order valence-corrected chi connectivity index (χ3v) is 11.8. The van der Waals surface area contributed by atoms with Crippen LogP contribution in [-0.4, -0.2) is 11.7 Å². The lowest BCUT2D eigenvalue weighted by Crippen LogP contribution is -2.51. The molecule has 4 fully saturated rings. The van der Waals surface area contributed by atoms with E-state index in [1.165, 1.54) is 64.2 Å². The maximum absolute atomic E-state index is 9.93. The molecule has 0 amide bonds. The molecule has 4 saturated carbocycles. The largest absolute Gasteiger partial charge is 0.396 e.